The SMILES string of the molecule is CCCN1CCC(CNC(=NC)N2CCN(C(C)C(F)(F)F)CC2)CC1.I. The minimum absolute atomic E-state index is 0. The van der Waals surface area contributed by atoms with Crippen LogP contribution in [0.4, 0.5) is 13.2 Å². The molecule has 0 aromatic carbocycles. The molecule has 5 nitrogen and oxygen atoms in total. The number of hydrogen-bond acceptors (Lipinski definition) is 3. The van der Waals surface area contributed by atoms with Crippen molar-refractivity contribution in [3.8, 4) is 0 Å². The number of rotatable bonds is 5. The van der Waals surface area contributed by atoms with Gasteiger partial charge < -0.3 is 15.1 Å². The highest BCUT2D eigenvalue weighted by Crippen LogP contribution is 2.25. The lowest BCUT2D eigenvalue weighted by Crippen LogP contribution is -2.57. The molecule has 0 radical (unpaired) electrons. The van der Waals surface area contributed by atoms with Gasteiger partial charge in [-0.2, -0.15) is 13.2 Å². The molecule has 1 unspecified atom stereocenters. The Morgan fingerprint density at radius 3 is 2.19 bits per heavy atom. The Morgan fingerprint density at radius 2 is 1.70 bits per heavy atom. The van der Waals surface area contributed by atoms with E-state index in [0.717, 1.165) is 25.6 Å². The maximum atomic E-state index is 12.9. The third-order valence-electron chi connectivity index (χ3n) is 5.64. The maximum absolute atomic E-state index is 12.9. The molecule has 1 N–H and O–H groups in total. The Hall–Kier alpha value is -0.290. The number of guanidine groups is 1. The lowest BCUT2D eigenvalue weighted by Gasteiger charge is -2.40. The van der Waals surface area contributed by atoms with Crippen molar-refractivity contribution >= 4 is 29.9 Å². The highest BCUT2D eigenvalue weighted by atomic mass is 127. The fourth-order valence-electron chi connectivity index (χ4n) is 3.83. The number of piperidine rings is 1. The zero-order valence-electron chi connectivity index (χ0n) is 16.8. The topological polar surface area (TPSA) is 34.1 Å². The summed E-state index contributed by atoms with van der Waals surface area (Å²) in [5.41, 5.74) is 0. The van der Waals surface area contributed by atoms with Crippen molar-refractivity contribution in [2.75, 3.05) is 59.4 Å². The molecule has 0 aromatic rings. The number of aliphatic imine (C=N–C) groups is 1. The van der Waals surface area contributed by atoms with E-state index in [9.17, 15) is 13.2 Å². The largest absolute Gasteiger partial charge is 0.403 e. The summed E-state index contributed by atoms with van der Waals surface area (Å²) >= 11 is 0. The van der Waals surface area contributed by atoms with Crippen molar-refractivity contribution in [3.63, 3.8) is 0 Å². The third-order valence-corrected chi connectivity index (χ3v) is 5.64. The van der Waals surface area contributed by atoms with Crippen molar-refractivity contribution in [3.05, 3.63) is 0 Å². The van der Waals surface area contributed by atoms with Crippen LogP contribution in [0, 0.1) is 5.92 Å². The predicted octanol–water partition coefficient (Wildman–Crippen LogP) is 2.87. The fraction of sp³-hybridized carbons (Fsp3) is 0.944. The van der Waals surface area contributed by atoms with E-state index in [1.807, 2.05) is 0 Å². The molecule has 2 rings (SSSR count). The van der Waals surface area contributed by atoms with Crippen LogP contribution in [-0.2, 0) is 0 Å². The van der Waals surface area contributed by atoms with Gasteiger partial charge in [-0.3, -0.25) is 9.89 Å². The van der Waals surface area contributed by atoms with Crippen LogP contribution in [0.15, 0.2) is 4.99 Å². The maximum Gasteiger partial charge on any atom is 0.403 e. The third kappa shape index (κ3) is 7.56. The first-order valence-electron chi connectivity index (χ1n) is 9.83. The Balaban J connectivity index is 0.00000364. The molecule has 2 fully saturated rings. The molecule has 1 atom stereocenters. The molecule has 0 bridgehead atoms. The molecular formula is C18H35F3IN5. The molecule has 2 aliphatic rings. The van der Waals surface area contributed by atoms with Crippen molar-refractivity contribution in [1.82, 2.24) is 20.0 Å². The smallest absolute Gasteiger partial charge is 0.356 e. The van der Waals surface area contributed by atoms with Crippen molar-refractivity contribution in [2.24, 2.45) is 10.9 Å². The Kier molecular flexibility index (Phi) is 10.7. The predicted molar refractivity (Wildman–Crippen MR) is 115 cm³/mol. The summed E-state index contributed by atoms with van der Waals surface area (Å²) < 4.78 is 38.6. The van der Waals surface area contributed by atoms with Gasteiger partial charge in [0.2, 0.25) is 0 Å². The standard InChI is InChI=1S/C18H34F3N5.HI/c1-4-7-24-8-5-16(6-9-24)14-23-17(22-3)26-12-10-25(11-13-26)15(2)18(19,20)21;/h15-16H,4-14H2,1-3H3,(H,22,23);1H. The van der Waals surface area contributed by atoms with Crippen molar-refractivity contribution < 1.29 is 13.2 Å². The summed E-state index contributed by atoms with van der Waals surface area (Å²) in [6.45, 7) is 9.84. The molecule has 2 heterocycles. The second kappa shape index (κ2) is 11.6. The van der Waals surface area contributed by atoms with E-state index in [4.69, 9.17) is 0 Å². The zero-order chi connectivity index (χ0) is 19.2. The summed E-state index contributed by atoms with van der Waals surface area (Å²) in [7, 11) is 1.75. The quantitative estimate of drug-likeness (QED) is 0.354. The van der Waals surface area contributed by atoms with E-state index in [1.54, 1.807) is 7.05 Å². The lowest BCUT2D eigenvalue weighted by molar-refractivity contribution is -0.181. The lowest BCUT2D eigenvalue weighted by atomic mass is 9.97. The average Bonchev–Trinajstić information content (AvgIpc) is 2.63. The van der Waals surface area contributed by atoms with Gasteiger partial charge in [0.1, 0.15) is 6.04 Å². The van der Waals surface area contributed by atoms with E-state index < -0.39 is 12.2 Å². The average molecular weight is 505 g/mol. The number of likely N-dealkylation sites (tertiary alicyclic amines) is 1. The minimum atomic E-state index is -4.16. The number of nitrogens with one attached hydrogen (secondary N) is 1. The van der Waals surface area contributed by atoms with Gasteiger partial charge in [-0.05, 0) is 51.7 Å². The molecule has 0 aromatic heterocycles. The van der Waals surface area contributed by atoms with E-state index in [2.05, 4.69) is 27.0 Å². The molecule has 2 aliphatic heterocycles. The van der Waals surface area contributed by atoms with Crippen molar-refractivity contribution in [2.45, 2.75) is 45.3 Å². The summed E-state index contributed by atoms with van der Waals surface area (Å²) in [5.74, 6) is 1.46. The second-order valence-electron chi connectivity index (χ2n) is 7.45. The molecule has 27 heavy (non-hydrogen) atoms. The molecule has 9 heteroatoms. The van der Waals surface area contributed by atoms with Gasteiger partial charge in [0.05, 0.1) is 0 Å². The Bertz CT molecular complexity index is 445. The number of hydrogen-bond donors (Lipinski definition) is 1. The van der Waals surface area contributed by atoms with E-state index in [1.165, 1.54) is 37.6 Å². The molecule has 2 saturated heterocycles. The molecule has 0 amide bonds. The molecular weight excluding hydrogens is 470 g/mol. The number of alkyl halides is 3. The monoisotopic (exact) mass is 505 g/mol. The van der Waals surface area contributed by atoms with Crippen LogP contribution >= 0.6 is 24.0 Å². The highest BCUT2D eigenvalue weighted by molar-refractivity contribution is 14.0. The molecule has 0 saturated carbocycles. The highest BCUT2D eigenvalue weighted by Gasteiger charge is 2.41. The second-order valence-corrected chi connectivity index (χ2v) is 7.45. The summed E-state index contributed by atoms with van der Waals surface area (Å²) in [4.78, 5) is 10.4. The normalized spacial score (nSPS) is 22.4. The van der Waals surface area contributed by atoms with Crippen LogP contribution in [0.1, 0.15) is 33.1 Å². The fourth-order valence-corrected chi connectivity index (χ4v) is 3.83. The van der Waals surface area contributed by atoms with Gasteiger partial charge in [0, 0.05) is 39.8 Å². The first-order valence-corrected chi connectivity index (χ1v) is 9.83. The molecule has 0 aliphatic carbocycles. The molecule has 0 spiro atoms. The van der Waals surface area contributed by atoms with Gasteiger partial charge in [0.25, 0.3) is 0 Å². The Morgan fingerprint density at radius 1 is 1.11 bits per heavy atom. The van der Waals surface area contributed by atoms with Crippen LogP contribution in [0.3, 0.4) is 0 Å². The van der Waals surface area contributed by atoms with Gasteiger partial charge in [-0.15, -0.1) is 24.0 Å². The van der Waals surface area contributed by atoms with Gasteiger partial charge in [-0.25, -0.2) is 0 Å². The van der Waals surface area contributed by atoms with Crippen molar-refractivity contribution in [1.29, 1.82) is 0 Å². The van der Waals surface area contributed by atoms with E-state index in [-0.39, 0.29) is 24.0 Å². The molecule has 160 valence electrons. The van der Waals surface area contributed by atoms with E-state index in [0.29, 0.717) is 32.1 Å². The van der Waals surface area contributed by atoms with Crippen LogP contribution in [0.2, 0.25) is 0 Å². The number of halogens is 4. The first-order chi connectivity index (χ1) is 12.3. The van der Waals surface area contributed by atoms with Gasteiger partial charge >= 0.3 is 6.18 Å². The van der Waals surface area contributed by atoms with Crippen LogP contribution in [-0.4, -0.2) is 92.3 Å². The van der Waals surface area contributed by atoms with Crippen LogP contribution in [0.5, 0.6) is 0 Å². The van der Waals surface area contributed by atoms with Crippen LogP contribution < -0.4 is 5.32 Å². The summed E-state index contributed by atoms with van der Waals surface area (Å²) in [5, 5.41) is 3.45. The number of piperazine rings is 1. The van der Waals surface area contributed by atoms with Crippen LogP contribution in [0.25, 0.3) is 0 Å². The minimum Gasteiger partial charge on any atom is -0.356 e. The zero-order valence-corrected chi connectivity index (χ0v) is 19.1. The first kappa shape index (κ1) is 24.7. The summed E-state index contributed by atoms with van der Waals surface area (Å²) in [6.07, 6.45) is -0.565. The van der Waals surface area contributed by atoms with E-state index >= 15 is 0 Å². The Labute approximate surface area is 178 Å². The number of nitrogens with zero attached hydrogens (tertiary/aromatic N) is 4. The van der Waals surface area contributed by atoms with Gasteiger partial charge in [-0.1, -0.05) is 6.92 Å². The van der Waals surface area contributed by atoms with Gasteiger partial charge in [0.15, 0.2) is 5.96 Å². The summed E-state index contributed by atoms with van der Waals surface area (Å²) in [6, 6.07) is -1.38.